The summed E-state index contributed by atoms with van der Waals surface area (Å²) in [4.78, 5) is 40.6. The van der Waals surface area contributed by atoms with E-state index < -0.39 is 6.04 Å². The summed E-state index contributed by atoms with van der Waals surface area (Å²) in [7, 11) is 1.55. The second-order valence-electron chi connectivity index (χ2n) is 8.47. The van der Waals surface area contributed by atoms with Crippen molar-refractivity contribution in [2.45, 2.75) is 39.2 Å². The smallest absolute Gasteiger partial charge is 0.253 e. The predicted molar refractivity (Wildman–Crippen MR) is 127 cm³/mol. The number of aryl methyl sites for hydroxylation is 1. The molecule has 176 valence electrons. The minimum Gasteiger partial charge on any atom is -0.497 e. The molecule has 1 saturated heterocycles. The highest BCUT2D eigenvalue weighted by Crippen LogP contribution is 2.23. The summed E-state index contributed by atoms with van der Waals surface area (Å²) < 4.78 is 5.21. The lowest BCUT2D eigenvalue weighted by Gasteiger charge is -2.36. The molecule has 0 bridgehead atoms. The lowest BCUT2D eigenvalue weighted by atomic mass is 9.88. The molecular weight excluding hydrogens is 418 g/mol. The number of hydrogen-bond donors (Lipinski definition) is 2. The molecule has 0 aliphatic carbocycles. The number of ether oxygens (including phenoxy) is 1. The largest absolute Gasteiger partial charge is 0.497 e. The molecule has 1 aliphatic rings. The van der Waals surface area contributed by atoms with Gasteiger partial charge in [-0.15, -0.1) is 0 Å². The number of amides is 3. The van der Waals surface area contributed by atoms with Crippen LogP contribution in [0.1, 0.15) is 52.5 Å². The molecule has 0 spiro atoms. The fourth-order valence-corrected chi connectivity index (χ4v) is 4.14. The Hall–Kier alpha value is -3.35. The molecule has 33 heavy (non-hydrogen) atoms. The molecule has 0 radical (unpaired) electrons. The van der Waals surface area contributed by atoms with Crippen molar-refractivity contribution in [3.8, 4) is 5.75 Å². The zero-order valence-corrected chi connectivity index (χ0v) is 19.6. The van der Waals surface area contributed by atoms with Gasteiger partial charge in [0.1, 0.15) is 11.8 Å². The van der Waals surface area contributed by atoms with E-state index in [0.717, 1.165) is 12.0 Å². The van der Waals surface area contributed by atoms with Crippen molar-refractivity contribution in [1.29, 1.82) is 0 Å². The number of methoxy groups -OCH3 is 1. The molecular formula is C26H33N3O4. The molecule has 1 aliphatic heterocycles. The standard InChI is InChI=1S/C26H33N3O4/c1-4-13-27-25(31)23(28-24(30)20-8-6-10-22(17-20)33-3)19-11-14-29(15-12-19)26(32)21-9-5-7-18(2)16-21/h5-10,16-17,19,23H,4,11-15H2,1-3H3,(H,27,31)(H,28,30)/t23-/m1/s1. The van der Waals surface area contributed by atoms with Crippen molar-refractivity contribution in [3.05, 3.63) is 65.2 Å². The highest BCUT2D eigenvalue weighted by Gasteiger charge is 2.34. The Morgan fingerprint density at radius 1 is 1.06 bits per heavy atom. The highest BCUT2D eigenvalue weighted by molar-refractivity contribution is 5.98. The van der Waals surface area contributed by atoms with Gasteiger partial charge in [-0.1, -0.05) is 30.7 Å². The van der Waals surface area contributed by atoms with E-state index in [4.69, 9.17) is 4.74 Å². The average Bonchev–Trinajstić information content (AvgIpc) is 2.85. The molecule has 1 atom stereocenters. The monoisotopic (exact) mass is 451 g/mol. The summed E-state index contributed by atoms with van der Waals surface area (Å²) >= 11 is 0. The van der Waals surface area contributed by atoms with Crippen LogP contribution in [0.4, 0.5) is 0 Å². The van der Waals surface area contributed by atoms with Gasteiger partial charge >= 0.3 is 0 Å². The van der Waals surface area contributed by atoms with Crippen LogP contribution in [0.15, 0.2) is 48.5 Å². The Morgan fingerprint density at radius 3 is 2.42 bits per heavy atom. The maximum Gasteiger partial charge on any atom is 0.253 e. The fraction of sp³-hybridized carbons (Fsp3) is 0.423. The molecule has 2 N–H and O–H groups in total. The van der Waals surface area contributed by atoms with E-state index in [-0.39, 0.29) is 23.6 Å². The third-order valence-corrected chi connectivity index (χ3v) is 6.01. The number of nitrogens with one attached hydrogen (secondary N) is 2. The minimum absolute atomic E-state index is 0.00421. The summed E-state index contributed by atoms with van der Waals surface area (Å²) in [5.41, 5.74) is 2.16. The van der Waals surface area contributed by atoms with Gasteiger partial charge in [0.15, 0.2) is 0 Å². The third kappa shape index (κ3) is 6.34. The van der Waals surface area contributed by atoms with Crippen LogP contribution in [0.25, 0.3) is 0 Å². The molecule has 0 saturated carbocycles. The predicted octanol–water partition coefficient (Wildman–Crippen LogP) is 3.18. The van der Waals surface area contributed by atoms with Crippen LogP contribution >= 0.6 is 0 Å². The second kappa shape index (κ2) is 11.5. The van der Waals surface area contributed by atoms with Crippen molar-refractivity contribution >= 4 is 17.7 Å². The van der Waals surface area contributed by atoms with E-state index in [1.807, 2.05) is 43.0 Å². The van der Waals surface area contributed by atoms with Gasteiger partial charge in [-0.25, -0.2) is 0 Å². The first-order valence-corrected chi connectivity index (χ1v) is 11.5. The Morgan fingerprint density at radius 2 is 1.76 bits per heavy atom. The Labute approximate surface area is 195 Å². The fourth-order valence-electron chi connectivity index (χ4n) is 4.14. The van der Waals surface area contributed by atoms with Gasteiger partial charge < -0.3 is 20.3 Å². The van der Waals surface area contributed by atoms with Gasteiger partial charge in [0, 0.05) is 30.8 Å². The van der Waals surface area contributed by atoms with Crippen molar-refractivity contribution in [1.82, 2.24) is 15.5 Å². The molecule has 0 unspecified atom stereocenters. The van der Waals surface area contributed by atoms with Crippen LogP contribution in [-0.4, -0.2) is 55.4 Å². The van der Waals surface area contributed by atoms with E-state index >= 15 is 0 Å². The summed E-state index contributed by atoms with van der Waals surface area (Å²) in [6.45, 7) is 5.59. The topological polar surface area (TPSA) is 87.7 Å². The Balaban J connectivity index is 1.69. The molecule has 2 aromatic carbocycles. The van der Waals surface area contributed by atoms with Crippen LogP contribution in [0.2, 0.25) is 0 Å². The number of hydrogen-bond acceptors (Lipinski definition) is 4. The normalized spacial score (nSPS) is 14.9. The van der Waals surface area contributed by atoms with Crippen LogP contribution < -0.4 is 15.4 Å². The van der Waals surface area contributed by atoms with E-state index in [0.29, 0.717) is 49.4 Å². The number of carbonyl (C=O) groups excluding carboxylic acids is 3. The van der Waals surface area contributed by atoms with Gasteiger partial charge in [-0.2, -0.15) is 0 Å². The minimum atomic E-state index is -0.661. The first-order valence-electron chi connectivity index (χ1n) is 11.5. The van der Waals surface area contributed by atoms with Crippen LogP contribution in [0.5, 0.6) is 5.75 Å². The maximum atomic E-state index is 12.9. The third-order valence-electron chi connectivity index (χ3n) is 6.01. The van der Waals surface area contributed by atoms with E-state index in [2.05, 4.69) is 10.6 Å². The van der Waals surface area contributed by atoms with Gasteiger partial charge in [-0.3, -0.25) is 14.4 Å². The van der Waals surface area contributed by atoms with Crippen LogP contribution in [0.3, 0.4) is 0 Å². The molecule has 3 amide bonds. The quantitative estimate of drug-likeness (QED) is 0.645. The summed E-state index contributed by atoms with van der Waals surface area (Å²) in [6.07, 6.45) is 2.09. The summed E-state index contributed by atoms with van der Waals surface area (Å²) in [6, 6.07) is 13.8. The number of carbonyl (C=O) groups is 3. The number of piperidine rings is 1. The van der Waals surface area contributed by atoms with Gasteiger partial charge in [0.05, 0.1) is 7.11 Å². The first-order chi connectivity index (χ1) is 15.9. The van der Waals surface area contributed by atoms with Crippen molar-refractivity contribution in [2.24, 2.45) is 5.92 Å². The SMILES string of the molecule is CCCNC(=O)[C@H](NC(=O)c1cccc(OC)c1)C1CCN(C(=O)c2cccc(C)c2)CC1. The maximum absolute atomic E-state index is 12.9. The average molecular weight is 452 g/mol. The number of rotatable bonds is 8. The number of benzene rings is 2. The highest BCUT2D eigenvalue weighted by atomic mass is 16.5. The van der Waals surface area contributed by atoms with Crippen molar-refractivity contribution < 1.29 is 19.1 Å². The zero-order valence-electron chi connectivity index (χ0n) is 19.6. The molecule has 1 heterocycles. The summed E-state index contributed by atoms with van der Waals surface area (Å²) in [5, 5.41) is 5.85. The van der Waals surface area contributed by atoms with E-state index in [9.17, 15) is 14.4 Å². The van der Waals surface area contributed by atoms with Crippen LogP contribution in [-0.2, 0) is 4.79 Å². The number of likely N-dealkylation sites (tertiary alicyclic amines) is 1. The number of nitrogens with zero attached hydrogens (tertiary/aromatic N) is 1. The molecule has 3 rings (SSSR count). The van der Waals surface area contributed by atoms with Gasteiger partial charge in [-0.05, 0) is 62.4 Å². The van der Waals surface area contributed by atoms with Crippen molar-refractivity contribution in [2.75, 3.05) is 26.7 Å². The molecule has 7 nitrogen and oxygen atoms in total. The molecule has 1 fully saturated rings. The molecule has 2 aromatic rings. The lowest BCUT2D eigenvalue weighted by Crippen LogP contribution is -2.54. The van der Waals surface area contributed by atoms with Gasteiger partial charge in [0.25, 0.3) is 11.8 Å². The Kier molecular flexibility index (Phi) is 8.46. The van der Waals surface area contributed by atoms with E-state index in [1.165, 1.54) is 0 Å². The second-order valence-corrected chi connectivity index (χ2v) is 8.47. The molecule has 7 heteroatoms. The van der Waals surface area contributed by atoms with Crippen molar-refractivity contribution in [3.63, 3.8) is 0 Å². The summed E-state index contributed by atoms with van der Waals surface area (Å²) in [5.74, 6) is 0.0282. The molecule has 0 aromatic heterocycles. The Bertz CT molecular complexity index is 983. The van der Waals surface area contributed by atoms with E-state index in [1.54, 1.807) is 31.4 Å². The first kappa shape index (κ1) is 24.3. The zero-order chi connectivity index (χ0) is 23.8. The van der Waals surface area contributed by atoms with Crippen LogP contribution in [0, 0.1) is 12.8 Å². The van der Waals surface area contributed by atoms with Gasteiger partial charge in [0.2, 0.25) is 5.91 Å². The lowest BCUT2D eigenvalue weighted by molar-refractivity contribution is -0.124.